The second-order valence-corrected chi connectivity index (χ2v) is 10.7. The minimum absolute atomic E-state index is 0.156. The highest BCUT2D eigenvalue weighted by atomic mass is 35.5. The van der Waals surface area contributed by atoms with Gasteiger partial charge in [-0.1, -0.05) is 78.7 Å². The zero-order chi connectivity index (χ0) is 28.1. The molecule has 1 heterocycles. The van der Waals surface area contributed by atoms with Gasteiger partial charge in [0.05, 0.1) is 41.1 Å². The Hall–Kier alpha value is -3.10. The summed E-state index contributed by atoms with van der Waals surface area (Å²) in [5, 5.41) is 13.4. The number of benzene rings is 3. The molecule has 0 bridgehead atoms. The Morgan fingerprint density at radius 3 is 2.46 bits per heavy atom. The molecule has 3 atom stereocenters. The molecule has 2 N–H and O–H groups in total. The minimum Gasteiger partial charge on any atom is -0.394 e. The number of amides is 3. The monoisotopic (exact) mass is 569 g/mol. The highest BCUT2D eigenvalue weighted by molar-refractivity contribution is 6.43. The Kier molecular flexibility index (Phi) is 9.51. The molecule has 0 aliphatic carbocycles. The van der Waals surface area contributed by atoms with Gasteiger partial charge in [0.15, 0.2) is 0 Å². The number of urea groups is 1. The number of fused-ring (bicyclic) bond motifs is 3. The van der Waals surface area contributed by atoms with Crippen molar-refractivity contribution in [3.05, 3.63) is 87.9 Å². The van der Waals surface area contributed by atoms with Crippen LogP contribution in [-0.2, 0) is 11.3 Å². The van der Waals surface area contributed by atoms with Gasteiger partial charge in [-0.25, -0.2) is 4.79 Å². The molecule has 0 saturated heterocycles. The lowest BCUT2D eigenvalue weighted by molar-refractivity contribution is -0.0178. The van der Waals surface area contributed by atoms with Gasteiger partial charge in [-0.15, -0.1) is 0 Å². The van der Waals surface area contributed by atoms with E-state index >= 15 is 0 Å². The Morgan fingerprint density at radius 2 is 1.74 bits per heavy atom. The van der Waals surface area contributed by atoms with Crippen molar-refractivity contribution >= 4 is 40.8 Å². The molecule has 0 fully saturated rings. The number of hydrogen-bond acceptors (Lipinski definition) is 4. The van der Waals surface area contributed by atoms with E-state index in [1.165, 1.54) is 4.90 Å². The van der Waals surface area contributed by atoms with E-state index in [0.717, 1.165) is 16.7 Å². The van der Waals surface area contributed by atoms with Crippen LogP contribution in [0.2, 0.25) is 10.0 Å². The number of halogens is 2. The third-order valence-electron chi connectivity index (χ3n) is 7.09. The summed E-state index contributed by atoms with van der Waals surface area (Å²) in [6, 6.07) is 19.6. The zero-order valence-electron chi connectivity index (χ0n) is 22.2. The van der Waals surface area contributed by atoms with Gasteiger partial charge in [-0.3, -0.25) is 4.79 Å². The van der Waals surface area contributed by atoms with Crippen LogP contribution in [0.15, 0.2) is 66.7 Å². The summed E-state index contributed by atoms with van der Waals surface area (Å²) in [6.45, 7) is 4.54. The number of likely N-dealkylation sites (N-methyl/N-ethyl adjacent to an activating group) is 1. The molecule has 3 aromatic carbocycles. The van der Waals surface area contributed by atoms with E-state index in [0.29, 0.717) is 29.4 Å². The maximum absolute atomic E-state index is 13.9. The molecule has 1 aliphatic heterocycles. The minimum atomic E-state index is -0.411. The molecule has 1 aliphatic rings. The van der Waals surface area contributed by atoms with Crippen molar-refractivity contribution in [3.63, 3.8) is 0 Å². The van der Waals surface area contributed by atoms with Gasteiger partial charge in [-0.05, 0) is 41.8 Å². The number of anilines is 1. The van der Waals surface area contributed by atoms with Gasteiger partial charge >= 0.3 is 6.03 Å². The van der Waals surface area contributed by atoms with Gasteiger partial charge in [-0.2, -0.15) is 0 Å². The van der Waals surface area contributed by atoms with E-state index < -0.39 is 12.1 Å². The highest BCUT2D eigenvalue weighted by Crippen LogP contribution is 2.32. The number of carbonyl (C=O) groups is 2. The van der Waals surface area contributed by atoms with E-state index in [-0.39, 0.29) is 36.0 Å². The lowest BCUT2D eigenvalue weighted by Crippen LogP contribution is -2.48. The largest absolute Gasteiger partial charge is 0.394 e. The Bertz CT molecular complexity index is 1340. The normalized spacial score (nSPS) is 18.4. The first-order valence-electron chi connectivity index (χ1n) is 12.9. The lowest BCUT2D eigenvalue weighted by atomic mass is 9.94. The van der Waals surface area contributed by atoms with E-state index in [2.05, 4.69) is 5.32 Å². The number of nitrogens with one attached hydrogen (secondary N) is 1. The summed E-state index contributed by atoms with van der Waals surface area (Å²) >= 11 is 12.4. The molecule has 39 heavy (non-hydrogen) atoms. The van der Waals surface area contributed by atoms with Crippen LogP contribution in [0.1, 0.15) is 29.8 Å². The number of aliphatic hydroxyl groups is 1. The molecule has 3 aromatic rings. The molecule has 0 radical (unpaired) electrons. The predicted molar refractivity (Wildman–Crippen MR) is 155 cm³/mol. The zero-order valence-corrected chi connectivity index (χ0v) is 23.7. The summed E-state index contributed by atoms with van der Waals surface area (Å²) in [7, 11) is 1.68. The summed E-state index contributed by atoms with van der Waals surface area (Å²) < 4.78 is 6.47. The Balaban J connectivity index is 1.65. The van der Waals surface area contributed by atoms with Gasteiger partial charge in [0.2, 0.25) is 0 Å². The molecule has 4 rings (SSSR count). The van der Waals surface area contributed by atoms with Gasteiger partial charge in [0.1, 0.15) is 0 Å². The Morgan fingerprint density at radius 1 is 1.08 bits per heavy atom. The smallest absolute Gasteiger partial charge is 0.321 e. The van der Waals surface area contributed by atoms with Crippen LogP contribution in [-0.4, -0.2) is 65.7 Å². The van der Waals surface area contributed by atoms with Crippen LogP contribution >= 0.6 is 23.2 Å². The fourth-order valence-corrected chi connectivity index (χ4v) is 5.06. The fraction of sp³-hybridized carbons (Fsp3) is 0.333. The number of carbonyl (C=O) groups excluding carboxylic acids is 2. The summed E-state index contributed by atoms with van der Waals surface area (Å²) in [5.41, 5.74) is 3.66. The molecular weight excluding hydrogens is 537 g/mol. The van der Waals surface area contributed by atoms with E-state index in [1.54, 1.807) is 30.1 Å². The Labute approximate surface area is 239 Å². The average molecular weight is 571 g/mol. The second-order valence-electron chi connectivity index (χ2n) is 9.93. The lowest BCUT2D eigenvalue weighted by Gasteiger charge is -2.35. The number of nitrogens with zero attached hydrogens (tertiary/aromatic N) is 2. The van der Waals surface area contributed by atoms with Gasteiger partial charge in [0.25, 0.3) is 5.91 Å². The summed E-state index contributed by atoms with van der Waals surface area (Å²) in [4.78, 5) is 30.2. The first-order chi connectivity index (χ1) is 18.7. The SMILES string of the molecule is C[C@H](CO)N1C[C@H](C)[C@H](CN(C)C(=O)Nc2cccc(Cl)c2Cl)OCc2ccccc2-c2ccccc2C1=O. The maximum Gasteiger partial charge on any atom is 0.321 e. The van der Waals surface area contributed by atoms with E-state index in [1.807, 2.05) is 62.4 Å². The van der Waals surface area contributed by atoms with Crippen molar-refractivity contribution in [3.8, 4) is 11.1 Å². The van der Waals surface area contributed by atoms with E-state index in [4.69, 9.17) is 27.9 Å². The predicted octanol–water partition coefficient (Wildman–Crippen LogP) is 6.18. The number of ether oxygens (including phenoxy) is 1. The average Bonchev–Trinajstić information content (AvgIpc) is 2.96. The first kappa shape index (κ1) is 28.9. The van der Waals surface area contributed by atoms with Gasteiger partial charge < -0.3 is 25.0 Å². The molecular formula is C30H33Cl2N3O4. The fourth-order valence-electron chi connectivity index (χ4n) is 4.72. The van der Waals surface area contributed by atoms with Crippen LogP contribution < -0.4 is 5.32 Å². The number of rotatable bonds is 5. The molecule has 206 valence electrons. The van der Waals surface area contributed by atoms with Crippen molar-refractivity contribution in [2.24, 2.45) is 5.92 Å². The highest BCUT2D eigenvalue weighted by Gasteiger charge is 2.31. The third kappa shape index (κ3) is 6.56. The summed E-state index contributed by atoms with van der Waals surface area (Å²) in [5.74, 6) is -0.318. The standard InChI is InChI=1S/C30H33Cl2N3O4/c1-19-15-35(20(2)17-36)29(37)24-12-7-6-11-23(24)22-10-5-4-9-21(22)18-39-27(19)16-34(3)30(38)33-26-14-8-13-25(31)28(26)32/h4-14,19-20,27,36H,15-18H2,1-3H3,(H,33,38)/t19-,20+,27-/m0/s1. The third-order valence-corrected chi connectivity index (χ3v) is 7.91. The molecule has 0 aromatic heterocycles. The number of hydrogen-bond donors (Lipinski definition) is 2. The second kappa shape index (κ2) is 12.8. The molecule has 3 amide bonds. The molecule has 9 heteroatoms. The maximum atomic E-state index is 13.9. The van der Waals surface area contributed by atoms with Crippen LogP contribution in [0, 0.1) is 5.92 Å². The summed E-state index contributed by atoms with van der Waals surface area (Å²) in [6.07, 6.45) is -0.411. The quantitative estimate of drug-likeness (QED) is 0.384. The molecule has 0 saturated carbocycles. The van der Waals surface area contributed by atoms with Crippen molar-refractivity contribution in [2.45, 2.75) is 32.6 Å². The van der Waals surface area contributed by atoms with Gasteiger partial charge in [0, 0.05) is 31.6 Å². The van der Waals surface area contributed by atoms with Crippen molar-refractivity contribution < 1.29 is 19.4 Å². The first-order valence-corrected chi connectivity index (χ1v) is 13.6. The van der Waals surface area contributed by atoms with Crippen LogP contribution in [0.3, 0.4) is 0 Å². The molecule has 7 nitrogen and oxygen atoms in total. The van der Waals surface area contributed by atoms with Crippen LogP contribution in [0.4, 0.5) is 10.5 Å². The van der Waals surface area contributed by atoms with Crippen LogP contribution in [0.25, 0.3) is 11.1 Å². The van der Waals surface area contributed by atoms with Crippen molar-refractivity contribution in [2.75, 3.05) is 32.1 Å². The van der Waals surface area contributed by atoms with Crippen molar-refractivity contribution in [1.82, 2.24) is 9.80 Å². The topological polar surface area (TPSA) is 82.1 Å². The van der Waals surface area contributed by atoms with Crippen molar-refractivity contribution in [1.29, 1.82) is 0 Å². The molecule has 0 unspecified atom stereocenters. The van der Waals surface area contributed by atoms with E-state index in [9.17, 15) is 14.7 Å². The number of aliphatic hydroxyl groups excluding tert-OH is 1. The van der Waals surface area contributed by atoms with Crippen LogP contribution in [0.5, 0.6) is 0 Å². The molecule has 0 spiro atoms.